The highest BCUT2D eigenvalue weighted by atomic mass is 16.5. The molecule has 0 bridgehead atoms. The third-order valence-electron chi connectivity index (χ3n) is 3.95. The third-order valence-corrected chi connectivity index (χ3v) is 3.95. The molecule has 2 heteroatoms. The minimum Gasteiger partial charge on any atom is -0.486 e. The predicted molar refractivity (Wildman–Crippen MR) is 65.9 cm³/mol. The van der Waals surface area contributed by atoms with Crippen LogP contribution in [0.1, 0.15) is 33.1 Å². The van der Waals surface area contributed by atoms with Crippen LogP contribution in [0.2, 0.25) is 0 Å². The Hall–Kier alpha value is -1.18. The van der Waals surface area contributed by atoms with Crippen LogP contribution in [0.4, 0.5) is 5.69 Å². The lowest BCUT2D eigenvalue weighted by molar-refractivity contribution is 0.0176. The van der Waals surface area contributed by atoms with Gasteiger partial charge in [-0.2, -0.15) is 0 Å². The Labute approximate surface area is 97.0 Å². The summed E-state index contributed by atoms with van der Waals surface area (Å²) in [6, 6.07) is 8.75. The van der Waals surface area contributed by atoms with E-state index < -0.39 is 0 Å². The first kappa shape index (κ1) is 10.0. The first-order valence-corrected chi connectivity index (χ1v) is 6.19. The van der Waals surface area contributed by atoms with E-state index >= 15 is 0 Å². The van der Waals surface area contributed by atoms with E-state index in [0.717, 1.165) is 11.4 Å². The maximum Gasteiger partial charge on any atom is 0.142 e. The molecule has 16 heavy (non-hydrogen) atoms. The zero-order chi connectivity index (χ0) is 11.2. The van der Waals surface area contributed by atoms with E-state index in [2.05, 4.69) is 37.4 Å². The van der Waals surface area contributed by atoms with Crippen molar-refractivity contribution in [2.75, 3.05) is 5.32 Å². The predicted octanol–water partition coefficient (Wildman–Crippen LogP) is 3.44. The summed E-state index contributed by atoms with van der Waals surface area (Å²) in [5.74, 6) is 1.01. The fourth-order valence-corrected chi connectivity index (χ4v) is 3.03. The van der Waals surface area contributed by atoms with Gasteiger partial charge in [-0.05, 0) is 25.0 Å². The lowest BCUT2D eigenvalue weighted by Crippen LogP contribution is -2.52. The molecule has 2 aliphatic rings. The van der Waals surface area contributed by atoms with E-state index in [1.54, 1.807) is 0 Å². The number of fused-ring (bicyclic) bond motifs is 2. The van der Waals surface area contributed by atoms with Crippen molar-refractivity contribution < 1.29 is 4.74 Å². The van der Waals surface area contributed by atoms with Gasteiger partial charge < -0.3 is 10.1 Å². The highest BCUT2D eigenvalue weighted by molar-refractivity contribution is 5.58. The second-order valence-electron chi connectivity index (χ2n) is 5.67. The average Bonchev–Trinajstić information content (AvgIpc) is 2.27. The van der Waals surface area contributed by atoms with Crippen molar-refractivity contribution in [1.29, 1.82) is 0 Å². The van der Waals surface area contributed by atoms with Gasteiger partial charge in [-0.15, -0.1) is 0 Å². The van der Waals surface area contributed by atoms with Crippen molar-refractivity contribution in [3.05, 3.63) is 24.3 Å². The van der Waals surface area contributed by atoms with Crippen LogP contribution in [0.15, 0.2) is 24.3 Å². The van der Waals surface area contributed by atoms with Gasteiger partial charge in [0.25, 0.3) is 0 Å². The minimum absolute atomic E-state index is 0.281. The summed E-state index contributed by atoms with van der Waals surface area (Å²) in [6.07, 6.45) is 4.10. The van der Waals surface area contributed by atoms with Crippen molar-refractivity contribution in [2.24, 2.45) is 5.41 Å². The summed E-state index contributed by atoms with van der Waals surface area (Å²) in [6.45, 7) is 4.64. The average molecular weight is 217 g/mol. The molecule has 2 nitrogen and oxygen atoms in total. The largest absolute Gasteiger partial charge is 0.486 e. The molecular weight excluding hydrogens is 198 g/mol. The molecular formula is C14H19NO. The SMILES string of the molecule is CC1(C)CCCC2Nc3ccccc3OC21. The number of benzene rings is 1. The summed E-state index contributed by atoms with van der Waals surface area (Å²) in [5.41, 5.74) is 1.44. The molecule has 2 unspecified atom stereocenters. The van der Waals surface area contributed by atoms with E-state index in [1.807, 2.05) is 6.07 Å². The summed E-state index contributed by atoms with van der Waals surface area (Å²) in [5, 5.41) is 3.63. The highest BCUT2D eigenvalue weighted by Crippen LogP contribution is 2.43. The Kier molecular flexibility index (Phi) is 2.13. The summed E-state index contributed by atoms with van der Waals surface area (Å²) < 4.78 is 6.19. The second-order valence-corrected chi connectivity index (χ2v) is 5.67. The standard InChI is InChI=1S/C14H19NO/c1-14(2)9-5-7-11-13(14)16-12-8-4-3-6-10(12)15-11/h3-4,6,8,11,13,15H,5,7,9H2,1-2H3. The normalized spacial score (nSPS) is 30.6. The summed E-state index contributed by atoms with van der Waals surface area (Å²) in [7, 11) is 0. The van der Waals surface area contributed by atoms with Crippen LogP contribution in [-0.4, -0.2) is 12.1 Å². The van der Waals surface area contributed by atoms with Gasteiger partial charge >= 0.3 is 0 Å². The van der Waals surface area contributed by atoms with Crippen LogP contribution in [0.5, 0.6) is 5.75 Å². The fraction of sp³-hybridized carbons (Fsp3) is 0.571. The molecule has 0 radical (unpaired) electrons. The van der Waals surface area contributed by atoms with E-state index in [-0.39, 0.29) is 5.41 Å². The van der Waals surface area contributed by atoms with E-state index in [4.69, 9.17) is 4.74 Å². The van der Waals surface area contributed by atoms with Gasteiger partial charge in [0.1, 0.15) is 11.9 Å². The molecule has 0 aromatic heterocycles. The van der Waals surface area contributed by atoms with Gasteiger partial charge in [0.2, 0.25) is 0 Å². The molecule has 1 fully saturated rings. The van der Waals surface area contributed by atoms with Gasteiger partial charge in [-0.25, -0.2) is 0 Å². The zero-order valence-corrected chi connectivity index (χ0v) is 9.99. The van der Waals surface area contributed by atoms with Crippen molar-refractivity contribution in [2.45, 2.75) is 45.3 Å². The van der Waals surface area contributed by atoms with Gasteiger partial charge in [0.15, 0.2) is 0 Å². The lowest BCUT2D eigenvalue weighted by Gasteiger charge is -2.47. The molecule has 0 amide bonds. The number of nitrogens with one attached hydrogen (secondary N) is 1. The molecule has 1 N–H and O–H groups in total. The van der Waals surface area contributed by atoms with Crippen LogP contribution < -0.4 is 10.1 Å². The van der Waals surface area contributed by atoms with Crippen LogP contribution in [0.25, 0.3) is 0 Å². The second kappa shape index (κ2) is 3.41. The van der Waals surface area contributed by atoms with Crippen LogP contribution in [0, 0.1) is 5.41 Å². The number of ether oxygens (including phenoxy) is 1. The topological polar surface area (TPSA) is 21.3 Å². The Balaban J connectivity index is 1.95. The van der Waals surface area contributed by atoms with Crippen LogP contribution in [0.3, 0.4) is 0 Å². The molecule has 0 saturated heterocycles. The zero-order valence-electron chi connectivity index (χ0n) is 9.99. The maximum atomic E-state index is 6.19. The quantitative estimate of drug-likeness (QED) is 0.718. The Bertz CT molecular complexity index is 399. The van der Waals surface area contributed by atoms with Gasteiger partial charge in [0, 0.05) is 5.41 Å². The molecule has 3 rings (SSSR count). The monoisotopic (exact) mass is 217 g/mol. The number of hydrogen-bond donors (Lipinski definition) is 1. The Morgan fingerprint density at radius 1 is 1.31 bits per heavy atom. The van der Waals surface area contributed by atoms with Crippen molar-refractivity contribution in [1.82, 2.24) is 0 Å². The molecule has 1 aromatic rings. The molecule has 1 saturated carbocycles. The molecule has 1 heterocycles. The Morgan fingerprint density at radius 3 is 3.00 bits per heavy atom. The first-order chi connectivity index (χ1) is 7.67. The fourth-order valence-electron chi connectivity index (χ4n) is 3.03. The number of anilines is 1. The smallest absolute Gasteiger partial charge is 0.142 e. The lowest BCUT2D eigenvalue weighted by atomic mass is 9.72. The van der Waals surface area contributed by atoms with E-state index in [9.17, 15) is 0 Å². The van der Waals surface area contributed by atoms with E-state index in [1.165, 1.54) is 19.3 Å². The molecule has 2 atom stereocenters. The number of hydrogen-bond acceptors (Lipinski definition) is 2. The Morgan fingerprint density at radius 2 is 2.12 bits per heavy atom. The molecule has 1 aliphatic heterocycles. The van der Waals surface area contributed by atoms with Gasteiger partial charge in [-0.3, -0.25) is 0 Å². The molecule has 0 spiro atoms. The van der Waals surface area contributed by atoms with Crippen molar-refractivity contribution in [3.8, 4) is 5.75 Å². The summed E-state index contributed by atoms with van der Waals surface area (Å²) >= 11 is 0. The van der Waals surface area contributed by atoms with Gasteiger partial charge in [-0.1, -0.05) is 32.4 Å². The number of para-hydroxylation sites is 2. The van der Waals surface area contributed by atoms with Gasteiger partial charge in [0.05, 0.1) is 11.7 Å². The maximum absolute atomic E-state index is 6.19. The van der Waals surface area contributed by atoms with E-state index in [0.29, 0.717) is 12.1 Å². The minimum atomic E-state index is 0.281. The van der Waals surface area contributed by atoms with Crippen LogP contribution >= 0.6 is 0 Å². The van der Waals surface area contributed by atoms with Crippen LogP contribution in [-0.2, 0) is 0 Å². The highest BCUT2D eigenvalue weighted by Gasteiger charge is 2.43. The number of rotatable bonds is 0. The van der Waals surface area contributed by atoms with Crippen molar-refractivity contribution in [3.63, 3.8) is 0 Å². The molecule has 86 valence electrons. The first-order valence-electron chi connectivity index (χ1n) is 6.19. The molecule has 1 aromatic carbocycles. The molecule has 1 aliphatic carbocycles. The third kappa shape index (κ3) is 1.48. The summed E-state index contributed by atoms with van der Waals surface area (Å²) in [4.78, 5) is 0. The van der Waals surface area contributed by atoms with Crippen molar-refractivity contribution >= 4 is 5.69 Å².